The van der Waals surface area contributed by atoms with Crippen LogP contribution in [-0.4, -0.2) is 28.7 Å². The van der Waals surface area contributed by atoms with E-state index in [2.05, 4.69) is 17.3 Å². The number of aromatic nitrogens is 2. The van der Waals surface area contributed by atoms with Crippen LogP contribution < -0.4 is 5.32 Å². The summed E-state index contributed by atoms with van der Waals surface area (Å²) >= 11 is 6.14. The maximum absolute atomic E-state index is 12.7. The molecule has 0 aromatic carbocycles. The normalized spacial score (nSPS) is 18.8. The van der Waals surface area contributed by atoms with Gasteiger partial charge in [0.1, 0.15) is 5.69 Å². The van der Waals surface area contributed by atoms with Gasteiger partial charge in [0.25, 0.3) is 0 Å². The molecule has 1 fully saturated rings. The van der Waals surface area contributed by atoms with Crippen molar-refractivity contribution in [3.8, 4) is 0 Å². The molecule has 0 spiro atoms. The number of ketones is 1. The van der Waals surface area contributed by atoms with E-state index in [9.17, 15) is 4.79 Å². The minimum Gasteiger partial charge on any atom is -0.317 e. The number of aryl methyl sites for hydroxylation is 1. The molecular formula is C13H20ClN3O. The molecule has 0 unspecified atom stereocenters. The SMILES string of the molecule is CCCn1ncc(Cl)c1C(=O)C1(C)CCNCC1. The number of Topliss-reactive ketones (excluding diaryl/α,β-unsaturated/α-hetero) is 1. The molecule has 0 bridgehead atoms. The Morgan fingerprint density at radius 1 is 1.56 bits per heavy atom. The molecule has 1 aliphatic rings. The molecular weight excluding hydrogens is 250 g/mol. The lowest BCUT2D eigenvalue weighted by Gasteiger charge is -2.32. The highest BCUT2D eigenvalue weighted by Gasteiger charge is 2.37. The van der Waals surface area contributed by atoms with Gasteiger partial charge >= 0.3 is 0 Å². The molecule has 0 saturated carbocycles. The number of rotatable bonds is 4. The molecule has 2 rings (SSSR count). The van der Waals surface area contributed by atoms with Crippen molar-refractivity contribution >= 4 is 17.4 Å². The Morgan fingerprint density at radius 3 is 2.83 bits per heavy atom. The van der Waals surface area contributed by atoms with Gasteiger partial charge in [0.15, 0.2) is 5.78 Å². The molecule has 0 aliphatic carbocycles. The minimum atomic E-state index is -0.305. The van der Waals surface area contributed by atoms with Gasteiger partial charge in [-0.2, -0.15) is 5.10 Å². The Kier molecular flexibility index (Phi) is 4.07. The summed E-state index contributed by atoms with van der Waals surface area (Å²) in [6, 6.07) is 0. The third-order valence-corrected chi connectivity index (χ3v) is 3.98. The van der Waals surface area contributed by atoms with Crippen LogP contribution in [0.4, 0.5) is 0 Å². The van der Waals surface area contributed by atoms with E-state index in [4.69, 9.17) is 11.6 Å². The van der Waals surface area contributed by atoms with E-state index in [1.807, 2.05) is 6.92 Å². The predicted molar refractivity (Wildman–Crippen MR) is 72.1 cm³/mol. The van der Waals surface area contributed by atoms with E-state index < -0.39 is 0 Å². The molecule has 0 atom stereocenters. The van der Waals surface area contributed by atoms with Crippen LogP contribution in [0.1, 0.15) is 43.6 Å². The molecule has 2 heterocycles. The third kappa shape index (κ3) is 2.45. The molecule has 1 aromatic heterocycles. The summed E-state index contributed by atoms with van der Waals surface area (Å²) in [5.41, 5.74) is 0.281. The van der Waals surface area contributed by atoms with Crippen molar-refractivity contribution in [3.63, 3.8) is 0 Å². The number of halogens is 1. The van der Waals surface area contributed by atoms with Gasteiger partial charge in [-0.3, -0.25) is 9.48 Å². The van der Waals surface area contributed by atoms with Crippen molar-refractivity contribution in [2.24, 2.45) is 5.41 Å². The first-order chi connectivity index (χ1) is 8.58. The molecule has 100 valence electrons. The number of nitrogens with one attached hydrogen (secondary N) is 1. The lowest BCUT2D eigenvalue weighted by atomic mass is 9.76. The number of hydrogen-bond donors (Lipinski definition) is 1. The van der Waals surface area contributed by atoms with Crippen LogP contribution in [0.3, 0.4) is 0 Å². The van der Waals surface area contributed by atoms with Crippen LogP contribution in [0.25, 0.3) is 0 Å². The van der Waals surface area contributed by atoms with Crippen molar-refractivity contribution in [2.45, 2.75) is 39.7 Å². The Bertz CT molecular complexity index is 435. The van der Waals surface area contributed by atoms with Crippen LogP contribution in [0.15, 0.2) is 6.20 Å². The lowest BCUT2D eigenvalue weighted by molar-refractivity contribution is 0.0750. The van der Waals surface area contributed by atoms with Crippen LogP contribution in [0, 0.1) is 5.41 Å². The van der Waals surface area contributed by atoms with E-state index >= 15 is 0 Å². The van der Waals surface area contributed by atoms with Gasteiger partial charge < -0.3 is 5.32 Å². The highest BCUT2D eigenvalue weighted by Crippen LogP contribution is 2.34. The van der Waals surface area contributed by atoms with Crippen molar-refractivity contribution < 1.29 is 4.79 Å². The summed E-state index contributed by atoms with van der Waals surface area (Å²) in [7, 11) is 0. The number of nitrogens with zero attached hydrogens (tertiary/aromatic N) is 2. The quantitative estimate of drug-likeness (QED) is 0.855. The molecule has 1 N–H and O–H groups in total. The fraction of sp³-hybridized carbons (Fsp3) is 0.692. The van der Waals surface area contributed by atoms with Crippen LogP contribution in [0.2, 0.25) is 5.02 Å². The highest BCUT2D eigenvalue weighted by atomic mass is 35.5. The summed E-state index contributed by atoms with van der Waals surface area (Å²) in [6.07, 6.45) is 4.24. The van der Waals surface area contributed by atoms with Crippen molar-refractivity contribution in [3.05, 3.63) is 16.9 Å². The van der Waals surface area contributed by atoms with E-state index in [0.29, 0.717) is 10.7 Å². The predicted octanol–water partition coefficient (Wildman–Crippen LogP) is 2.52. The van der Waals surface area contributed by atoms with Gasteiger partial charge in [0.2, 0.25) is 0 Å². The maximum atomic E-state index is 12.7. The fourth-order valence-electron chi connectivity index (χ4n) is 2.46. The van der Waals surface area contributed by atoms with Gasteiger partial charge in [0.05, 0.1) is 11.2 Å². The first kappa shape index (κ1) is 13.6. The fourth-order valence-corrected chi connectivity index (χ4v) is 2.69. The Morgan fingerprint density at radius 2 is 2.22 bits per heavy atom. The van der Waals surface area contributed by atoms with Gasteiger partial charge in [-0.1, -0.05) is 25.4 Å². The van der Waals surface area contributed by atoms with Crippen molar-refractivity contribution in [2.75, 3.05) is 13.1 Å². The molecule has 5 heteroatoms. The van der Waals surface area contributed by atoms with E-state index in [0.717, 1.165) is 38.9 Å². The minimum absolute atomic E-state index is 0.139. The van der Waals surface area contributed by atoms with E-state index in [1.54, 1.807) is 10.9 Å². The smallest absolute Gasteiger partial charge is 0.188 e. The first-order valence-corrected chi connectivity index (χ1v) is 6.93. The van der Waals surface area contributed by atoms with Gasteiger partial charge in [-0.15, -0.1) is 0 Å². The van der Waals surface area contributed by atoms with Crippen molar-refractivity contribution in [1.29, 1.82) is 0 Å². The Hall–Kier alpha value is -0.870. The van der Waals surface area contributed by atoms with Crippen LogP contribution in [-0.2, 0) is 6.54 Å². The van der Waals surface area contributed by atoms with Crippen molar-refractivity contribution in [1.82, 2.24) is 15.1 Å². The summed E-state index contributed by atoms with van der Waals surface area (Å²) in [5.74, 6) is 0.139. The summed E-state index contributed by atoms with van der Waals surface area (Å²) in [4.78, 5) is 12.7. The number of hydrogen-bond acceptors (Lipinski definition) is 3. The summed E-state index contributed by atoms with van der Waals surface area (Å²) in [5, 5.41) is 7.97. The van der Waals surface area contributed by atoms with Crippen LogP contribution >= 0.6 is 11.6 Å². The molecule has 1 saturated heterocycles. The maximum Gasteiger partial charge on any atom is 0.188 e. The standard InChI is InChI=1S/C13H20ClN3O/c1-3-8-17-11(10(14)9-16-17)12(18)13(2)4-6-15-7-5-13/h9,15H,3-8H2,1-2H3. The topological polar surface area (TPSA) is 46.9 Å². The number of piperidine rings is 1. The zero-order valence-corrected chi connectivity index (χ0v) is 11.8. The largest absolute Gasteiger partial charge is 0.317 e. The Balaban J connectivity index is 2.29. The number of carbonyl (C=O) groups excluding carboxylic acids is 1. The Labute approximate surface area is 113 Å². The number of carbonyl (C=O) groups is 1. The average molecular weight is 270 g/mol. The molecule has 4 nitrogen and oxygen atoms in total. The molecule has 1 aliphatic heterocycles. The average Bonchev–Trinajstić information content (AvgIpc) is 2.71. The van der Waals surface area contributed by atoms with Crippen LogP contribution in [0.5, 0.6) is 0 Å². The van der Waals surface area contributed by atoms with Gasteiger partial charge in [-0.05, 0) is 32.4 Å². The third-order valence-electron chi connectivity index (χ3n) is 3.70. The molecule has 1 aromatic rings. The monoisotopic (exact) mass is 269 g/mol. The second-order valence-electron chi connectivity index (χ2n) is 5.20. The van der Waals surface area contributed by atoms with E-state index in [-0.39, 0.29) is 11.2 Å². The summed E-state index contributed by atoms with van der Waals surface area (Å²) < 4.78 is 1.75. The second kappa shape index (κ2) is 5.41. The zero-order valence-electron chi connectivity index (χ0n) is 11.0. The van der Waals surface area contributed by atoms with Gasteiger partial charge in [-0.25, -0.2) is 0 Å². The summed E-state index contributed by atoms with van der Waals surface area (Å²) in [6.45, 7) is 6.62. The van der Waals surface area contributed by atoms with Gasteiger partial charge in [0, 0.05) is 12.0 Å². The molecule has 0 amide bonds. The highest BCUT2D eigenvalue weighted by molar-refractivity contribution is 6.33. The lowest BCUT2D eigenvalue weighted by Crippen LogP contribution is -2.40. The zero-order chi connectivity index (χ0) is 13.2. The van der Waals surface area contributed by atoms with E-state index in [1.165, 1.54) is 0 Å². The first-order valence-electron chi connectivity index (χ1n) is 6.55. The second-order valence-corrected chi connectivity index (χ2v) is 5.61. The molecule has 18 heavy (non-hydrogen) atoms. The molecule has 0 radical (unpaired) electrons.